The van der Waals surface area contributed by atoms with E-state index < -0.39 is 6.10 Å². The second kappa shape index (κ2) is 7.25. The van der Waals surface area contributed by atoms with Gasteiger partial charge in [-0.1, -0.05) is 19.3 Å². The second-order valence-corrected chi connectivity index (χ2v) is 6.33. The smallest absolute Gasteiger partial charge is 0.250 e. The molecule has 2 rings (SSSR count). The van der Waals surface area contributed by atoms with Crippen molar-refractivity contribution in [1.29, 1.82) is 0 Å². The first-order valence-electron chi connectivity index (χ1n) is 7.86. The van der Waals surface area contributed by atoms with Crippen molar-refractivity contribution in [3.63, 3.8) is 0 Å². The summed E-state index contributed by atoms with van der Waals surface area (Å²) in [7, 11) is 0. The van der Waals surface area contributed by atoms with E-state index in [2.05, 4.69) is 10.6 Å². The van der Waals surface area contributed by atoms with Crippen molar-refractivity contribution in [3.05, 3.63) is 0 Å². The Bertz CT molecular complexity index is 286. The first-order chi connectivity index (χ1) is 9.16. The number of aliphatic hydroxyl groups excluding tert-OH is 1. The van der Waals surface area contributed by atoms with Gasteiger partial charge in [-0.05, 0) is 51.0 Å². The van der Waals surface area contributed by atoms with Gasteiger partial charge in [0.2, 0.25) is 5.91 Å². The molecule has 110 valence electrons. The lowest BCUT2D eigenvalue weighted by Crippen LogP contribution is -2.48. The molecule has 4 nitrogen and oxygen atoms in total. The summed E-state index contributed by atoms with van der Waals surface area (Å²) >= 11 is 0. The number of nitrogens with one attached hydrogen (secondary N) is 2. The highest BCUT2D eigenvalue weighted by Crippen LogP contribution is 2.27. The lowest BCUT2D eigenvalue weighted by atomic mass is 9.89. The quantitative estimate of drug-likeness (QED) is 0.654. The summed E-state index contributed by atoms with van der Waals surface area (Å²) in [5.41, 5.74) is 0. The molecule has 2 atom stereocenters. The van der Waals surface area contributed by atoms with Gasteiger partial charge in [-0.3, -0.25) is 4.79 Å². The van der Waals surface area contributed by atoms with Gasteiger partial charge < -0.3 is 15.7 Å². The highest BCUT2D eigenvalue weighted by molar-refractivity contribution is 5.81. The number of hydrogen-bond donors (Lipinski definition) is 3. The van der Waals surface area contributed by atoms with E-state index in [0.29, 0.717) is 5.92 Å². The minimum atomic E-state index is -0.928. The molecule has 19 heavy (non-hydrogen) atoms. The predicted molar refractivity (Wildman–Crippen MR) is 75.8 cm³/mol. The molecule has 2 fully saturated rings. The molecule has 1 amide bonds. The molecule has 3 N–H and O–H groups in total. The van der Waals surface area contributed by atoms with Crippen LogP contribution in [0.3, 0.4) is 0 Å². The minimum absolute atomic E-state index is 0.160. The first-order valence-corrected chi connectivity index (χ1v) is 7.86. The highest BCUT2D eigenvalue weighted by Gasteiger charge is 2.26. The maximum atomic E-state index is 11.9. The largest absolute Gasteiger partial charge is 0.382 e. The zero-order valence-corrected chi connectivity index (χ0v) is 12.0. The van der Waals surface area contributed by atoms with Crippen molar-refractivity contribution >= 4 is 5.91 Å². The molecular formula is C15H28N2O2. The Kier molecular flexibility index (Phi) is 5.64. The van der Waals surface area contributed by atoms with Crippen LogP contribution in [0.15, 0.2) is 0 Å². The Labute approximate surface area is 116 Å². The van der Waals surface area contributed by atoms with Crippen LogP contribution in [0.1, 0.15) is 51.9 Å². The van der Waals surface area contributed by atoms with E-state index in [4.69, 9.17) is 0 Å². The lowest BCUT2D eigenvalue weighted by Gasteiger charge is -2.24. The summed E-state index contributed by atoms with van der Waals surface area (Å²) in [4.78, 5) is 11.9. The summed E-state index contributed by atoms with van der Waals surface area (Å²) in [5, 5.41) is 16.1. The third-order valence-corrected chi connectivity index (χ3v) is 4.46. The van der Waals surface area contributed by atoms with E-state index in [-0.39, 0.29) is 11.9 Å². The standard InChI is InChI=1S/C15H28N2O2/c1-11(16-9-13-7-8-13)14(18)15(19)17-10-12-5-3-2-4-6-12/h11-14,16,18H,2-10H2,1H3,(H,17,19). The zero-order valence-electron chi connectivity index (χ0n) is 12.0. The van der Waals surface area contributed by atoms with Crippen LogP contribution >= 0.6 is 0 Å². The van der Waals surface area contributed by atoms with Crippen molar-refractivity contribution in [1.82, 2.24) is 10.6 Å². The molecule has 0 aromatic heterocycles. The van der Waals surface area contributed by atoms with E-state index in [0.717, 1.165) is 19.0 Å². The van der Waals surface area contributed by atoms with Gasteiger partial charge >= 0.3 is 0 Å². The molecular weight excluding hydrogens is 240 g/mol. The zero-order chi connectivity index (χ0) is 13.7. The van der Waals surface area contributed by atoms with Crippen LogP contribution in [0, 0.1) is 11.8 Å². The third kappa shape index (κ3) is 5.11. The predicted octanol–water partition coefficient (Wildman–Crippen LogP) is 1.43. The lowest BCUT2D eigenvalue weighted by molar-refractivity contribution is -0.130. The van der Waals surface area contributed by atoms with Crippen molar-refractivity contribution in [2.75, 3.05) is 13.1 Å². The van der Waals surface area contributed by atoms with Gasteiger partial charge in [-0.2, -0.15) is 0 Å². The van der Waals surface area contributed by atoms with Crippen molar-refractivity contribution in [2.24, 2.45) is 11.8 Å². The molecule has 0 aliphatic heterocycles. The number of amides is 1. The molecule has 0 aromatic rings. The van der Waals surface area contributed by atoms with Crippen LogP contribution in [-0.4, -0.2) is 36.2 Å². The highest BCUT2D eigenvalue weighted by atomic mass is 16.3. The summed E-state index contributed by atoms with van der Waals surface area (Å²) < 4.78 is 0. The molecule has 0 spiro atoms. The number of hydrogen-bond acceptors (Lipinski definition) is 3. The second-order valence-electron chi connectivity index (χ2n) is 6.33. The number of aliphatic hydroxyl groups is 1. The van der Waals surface area contributed by atoms with Crippen LogP contribution in [-0.2, 0) is 4.79 Å². The molecule has 4 heteroatoms. The van der Waals surface area contributed by atoms with Crippen molar-refractivity contribution in [3.8, 4) is 0 Å². The minimum Gasteiger partial charge on any atom is -0.382 e. The number of rotatable bonds is 7. The Morgan fingerprint density at radius 2 is 1.74 bits per heavy atom. The SMILES string of the molecule is CC(NCC1CC1)C(O)C(=O)NCC1CCCCC1. The molecule has 0 heterocycles. The van der Waals surface area contributed by atoms with E-state index in [1.54, 1.807) is 0 Å². The van der Waals surface area contributed by atoms with Gasteiger partial charge in [0.15, 0.2) is 0 Å². The van der Waals surface area contributed by atoms with E-state index in [9.17, 15) is 9.90 Å². The van der Waals surface area contributed by atoms with Crippen LogP contribution in [0.2, 0.25) is 0 Å². The fourth-order valence-electron chi connectivity index (χ4n) is 2.75. The molecule has 0 bridgehead atoms. The van der Waals surface area contributed by atoms with Crippen LogP contribution < -0.4 is 10.6 Å². The topological polar surface area (TPSA) is 61.4 Å². The molecule has 0 saturated heterocycles. The van der Waals surface area contributed by atoms with Crippen LogP contribution in [0.25, 0.3) is 0 Å². The van der Waals surface area contributed by atoms with Gasteiger partial charge in [0.05, 0.1) is 0 Å². The van der Waals surface area contributed by atoms with Gasteiger partial charge in [0, 0.05) is 12.6 Å². The van der Waals surface area contributed by atoms with E-state index >= 15 is 0 Å². The van der Waals surface area contributed by atoms with Gasteiger partial charge in [0.25, 0.3) is 0 Å². The molecule has 0 radical (unpaired) electrons. The molecule has 2 aliphatic rings. The summed E-state index contributed by atoms with van der Waals surface area (Å²) in [6.45, 7) is 3.53. The van der Waals surface area contributed by atoms with Gasteiger partial charge in [0.1, 0.15) is 6.10 Å². The molecule has 0 aromatic carbocycles. The average molecular weight is 268 g/mol. The summed E-state index contributed by atoms with van der Waals surface area (Å²) in [6, 6.07) is -0.160. The van der Waals surface area contributed by atoms with E-state index in [1.165, 1.54) is 44.9 Å². The monoisotopic (exact) mass is 268 g/mol. The number of carbonyl (C=O) groups is 1. The van der Waals surface area contributed by atoms with E-state index in [1.807, 2.05) is 6.92 Å². The fourth-order valence-corrected chi connectivity index (χ4v) is 2.75. The third-order valence-electron chi connectivity index (χ3n) is 4.46. The Morgan fingerprint density at radius 3 is 2.37 bits per heavy atom. The van der Waals surface area contributed by atoms with Gasteiger partial charge in [-0.15, -0.1) is 0 Å². The fraction of sp³-hybridized carbons (Fsp3) is 0.933. The Hall–Kier alpha value is -0.610. The maximum absolute atomic E-state index is 11.9. The average Bonchev–Trinajstić information content (AvgIpc) is 3.26. The molecule has 2 aliphatic carbocycles. The first kappa shape index (κ1) is 14.8. The Morgan fingerprint density at radius 1 is 1.11 bits per heavy atom. The van der Waals surface area contributed by atoms with Crippen molar-refractivity contribution in [2.45, 2.75) is 64.0 Å². The van der Waals surface area contributed by atoms with Crippen molar-refractivity contribution < 1.29 is 9.90 Å². The van der Waals surface area contributed by atoms with Crippen LogP contribution in [0.5, 0.6) is 0 Å². The molecule has 2 saturated carbocycles. The summed E-state index contributed by atoms with van der Waals surface area (Å²) in [6.07, 6.45) is 7.95. The Balaban J connectivity index is 1.62. The maximum Gasteiger partial charge on any atom is 0.250 e. The van der Waals surface area contributed by atoms with Crippen LogP contribution in [0.4, 0.5) is 0 Å². The van der Waals surface area contributed by atoms with Gasteiger partial charge in [-0.25, -0.2) is 0 Å². The normalized spacial score (nSPS) is 23.9. The molecule has 2 unspecified atom stereocenters. The number of carbonyl (C=O) groups excluding carboxylic acids is 1. The summed E-state index contributed by atoms with van der Waals surface area (Å²) in [5.74, 6) is 1.15.